The molecular formula is C3H7NO2S. The lowest BCUT2D eigenvalue weighted by Gasteiger charge is -1.90. The van der Waals surface area contributed by atoms with Crippen LogP contribution in [-0.2, 0) is 4.79 Å². The van der Waals surface area contributed by atoms with E-state index >= 15 is 0 Å². The van der Waals surface area contributed by atoms with Crippen LogP contribution in [0.2, 0.25) is 0 Å². The van der Waals surface area contributed by atoms with E-state index in [4.69, 9.17) is 5.11 Å². The first-order valence-corrected chi connectivity index (χ1v) is 2.44. The Bertz CT molecular complexity index is 66.0. The second kappa shape index (κ2) is 3.95. The van der Waals surface area contributed by atoms with Crippen LogP contribution in [0.1, 0.15) is 0 Å². The summed E-state index contributed by atoms with van der Waals surface area (Å²) in [5.74, 6) is -0.444. The third-order valence-corrected chi connectivity index (χ3v) is 0.612. The Hall–Kier alpha value is -0.220. The van der Waals surface area contributed by atoms with Gasteiger partial charge in [0.05, 0.1) is 6.54 Å². The van der Waals surface area contributed by atoms with Gasteiger partial charge in [0, 0.05) is 5.88 Å². The van der Waals surface area contributed by atoms with Crippen LogP contribution in [0.4, 0.5) is 0 Å². The van der Waals surface area contributed by atoms with E-state index < -0.39 is 5.97 Å². The zero-order valence-electron chi connectivity index (χ0n) is 3.72. The van der Waals surface area contributed by atoms with Gasteiger partial charge in [-0.3, -0.25) is 10.1 Å². The van der Waals surface area contributed by atoms with Gasteiger partial charge in [-0.15, -0.1) is 0 Å². The quantitative estimate of drug-likeness (QED) is 0.350. The molecule has 0 aliphatic heterocycles. The van der Waals surface area contributed by atoms with Crippen molar-refractivity contribution >= 4 is 18.6 Å². The largest absolute Gasteiger partial charge is 0.480 e. The lowest BCUT2D eigenvalue weighted by Crippen LogP contribution is -2.20. The number of carbonyl (C=O) groups is 1. The van der Waals surface area contributed by atoms with E-state index in [9.17, 15) is 4.79 Å². The first-order chi connectivity index (χ1) is 3.27. The minimum atomic E-state index is -0.853. The number of hydrogen-bond donors (Lipinski definition) is 3. The highest BCUT2D eigenvalue weighted by atomic mass is 32.1. The minimum absolute atomic E-state index is 0.0104. The zero-order valence-corrected chi connectivity index (χ0v) is 4.61. The fourth-order valence-corrected chi connectivity index (χ4v) is 0.275. The van der Waals surface area contributed by atoms with Gasteiger partial charge in [-0.1, -0.05) is 0 Å². The fraction of sp³-hybridized carbons (Fsp3) is 0.667. The molecule has 0 amide bonds. The molecule has 0 unspecified atom stereocenters. The van der Waals surface area contributed by atoms with E-state index in [-0.39, 0.29) is 6.54 Å². The number of thiol groups is 1. The van der Waals surface area contributed by atoms with Crippen LogP contribution in [0.15, 0.2) is 0 Å². The summed E-state index contributed by atoms with van der Waals surface area (Å²) < 4.78 is 0. The normalized spacial score (nSPS) is 8.71. The summed E-state index contributed by atoms with van der Waals surface area (Å²) in [7, 11) is 0. The summed E-state index contributed by atoms with van der Waals surface area (Å²) in [6.07, 6.45) is 0. The molecule has 0 spiro atoms. The highest BCUT2D eigenvalue weighted by Gasteiger charge is 1.89. The van der Waals surface area contributed by atoms with Crippen LogP contribution in [0.5, 0.6) is 0 Å². The molecule has 0 bridgehead atoms. The van der Waals surface area contributed by atoms with Crippen LogP contribution in [0, 0.1) is 0 Å². The van der Waals surface area contributed by atoms with E-state index in [0.717, 1.165) is 0 Å². The Morgan fingerprint density at radius 1 is 1.86 bits per heavy atom. The molecule has 0 radical (unpaired) electrons. The average Bonchev–Trinajstić information content (AvgIpc) is 1.61. The highest BCUT2D eigenvalue weighted by Crippen LogP contribution is 1.63. The van der Waals surface area contributed by atoms with Crippen molar-refractivity contribution in [2.45, 2.75) is 0 Å². The number of rotatable bonds is 3. The maximum atomic E-state index is 9.66. The van der Waals surface area contributed by atoms with Gasteiger partial charge in [0.1, 0.15) is 0 Å². The van der Waals surface area contributed by atoms with Crippen molar-refractivity contribution in [3.05, 3.63) is 0 Å². The number of nitrogens with one attached hydrogen (secondary N) is 1. The second-order valence-electron chi connectivity index (χ2n) is 0.979. The molecule has 0 atom stereocenters. The summed E-state index contributed by atoms with van der Waals surface area (Å²) >= 11 is 3.72. The molecule has 0 saturated carbocycles. The molecule has 42 valence electrons. The predicted molar refractivity (Wildman–Crippen MR) is 29.5 cm³/mol. The van der Waals surface area contributed by atoms with Gasteiger partial charge in [0.25, 0.3) is 0 Å². The minimum Gasteiger partial charge on any atom is -0.480 e. The third kappa shape index (κ3) is 5.78. The van der Waals surface area contributed by atoms with Gasteiger partial charge in [-0.05, 0) is 0 Å². The van der Waals surface area contributed by atoms with E-state index in [1.165, 1.54) is 0 Å². The van der Waals surface area contributed by atoms with Crippen LogP contribution in [0.3, 0.4) is 0 Å². The van der Waals surface area contributed by atoms with Crippen LogP contribution >= 0.6 is 12.6 Å². The molecule has 0 saturated heterocycles. The topological polar surface area (TPSA) is 49.3 Å². The second-order valence-corrected chi connectivity index (χ2v) is 1.29. The molecule has 0 aromatic heterocycles. The Kier molecular flexibility index (Phi) is 3.83. The van der Waals surface area contributed by atoms with Crippen molar-refractivity contribution in [3.8, 4) is 0 Å². The molecule has 0 heterocycles. The number of carboxylic acids is 1. The Morgan fingerprint density at radius 3 is 2.57 bits per heavy atom. The summed E-state index contributed by atoms with van der Waals surface area (Å²) in [5, 5.41) is 10.5. The van der Waals surface area contributed by atoms with E-state index in [2.05, 4.69) is 17.9 Å². The van der Waals surface area contributed by atoms with E-state index in [1.54, 1.807) is 0 Å². The first-order valence-electron chi connectivity index (χ1n) is 1.80. The van der Waals surface area contributed by atoms with Gasteiger partial charge in [0.2, 0.25) is 0 Å². The van der Waals surface area contributed by atoms with Crippen molar-refractivity contribution in [1.82, 2.24) is 5.32 Å². The molecule has 7 heavy (non-hydrogen) atoms. The smallest absolute Gasteiger partial charge is 0.317 e. The number of aliphatic carboxylic acids is 1. The fourth-order valence-electron chi connectivity index (χ4n) is 0.163. The molecule has 0 aliphatic carbocycles. The molecule has 0 fully saturated rings. The maximum Gasteiger partial charge on any atom is 0.317 e. The van der Waals surface area contributed by atoms with Crippen molar-refractivity contribution in [1.29, 1.82) is 0 Å². The van der Waals surface area contributed by atoms with Gasteiger partial charge in [-0.2, -0.15) is 12.6 Å². The van der Waals surface area contributed by atoms with E-state index in [1.807, 2.05) is 0 Å². The van der Waals surface area contributed by atoms with E-state index in [0.29, 0.717) is 5.88 Å². The van der Waals surface area contributed by atoms with Gasteiger partial charge < -0.3 is 5.11 Å². The van der Waals surface area contributed by atoms with Crippen molar-refractivity contribution in [2.75, 3.05) is 12.4 Å². The Balaban J connectivity index is 2.82. The molecule has 0 rings (SSSR count). The predicted octanol–water partition coefficient (Wildman–Crippen LogP) is -0.452. The summed E-state index contributed by atoms with van der Waals surface area (Å²) in [6.45, 7) is -0.0104. The SMILES string of the molecule is O=C(O)CNCS. The van der Waals surface area contributed by atoms with Crippen molar-refractivity contribution in [2.24, 2.45) is 0 Å². The van der Waals surface area contributed by atoms with Crippen molar-refractivity contribution < 1.29 is 9.90 Å². The Morgan fingerprint density at radius 2 is 2.43 bits per heavy atom. The Labute approximate surface area is 47.1 Å². The van der Waals surface area contributed by atoms with Crippen molar-refractivity contribution in [3.63, 3.8) is 0 Å². The molecule has 4 heteroatoms. The van der Waals surface area contributed by atoms with Gasteiger partial charge >= 0.3 is 5.97 Å². The zero-order chi connectivity index (χ0) is 5.70. The lowest BCUT2D eigenvalue weighted by atomic mass is 10.7. The highest BCUT2D eigenvalue weighted by molar-refractivity contribution is 7.80. The van der Waals surface area contributed by atoms with Crippen LogP contribution in [-0.4, -0.2) is 23.5 Å². The first kappa shape index (κ1) is 6.78. The third-order valence-electron chi connectivity index (χ3n) is 0.388. The number of carboxylic acid groups (broad SMARTS) is 1. The maximum absolute atomic E-state index is 9.66. The molecule has 0 aromatic rings. The van der Waals surface area contributed by atoms with Crippen LogP contribution < -0.4 is 5.32 Å². The molecule has 0 aromatic carbocycles. The number of hydrogen-bond acceptors (Lipinski definition) is 3. The molecular weight excluding hydrogens is 114 g/mol. The van der Waals surface area contributed by atoms with Gasteiger partial charge in [-0.25, -0.2) is 0 Å². The summed E-state index contributed by atoms with van der Waals surface area (Å²) in [6, 6.07) is 0. The average molecular weight is 121 g/mol. The standard InChI is InChI=1S/C3H7NO2S/c5-3(6)1-4-2-7/h4,7H,1-2H2,(H,5,6). The van der Waals surface area contributed by atoms with Gasteiger partial charge in [0.15, 0.2) is 0 Å². The molecule has 0 aliphatic rings. The molecule has 3 nitrogen and oxygen atoms in total. The monoisotopic (exact) mass is 121 g/mol. The lowest BCUT2D eigenvalue weighted by molar-refractivity contribution is -0.135. The molecule has 2 N–H and O–H groups in total. The summed E-state index contributed by atoms with van der Waals surface area (Å²) in [5.41, 5.74) is 0. The summed E-state index contributed by atoms with van der Waals surface area (Å²) in [4.78, 5) is 9.66. The van der Waals surface area contributed by atoms with Crippen LogP contribution in [0.25, 0.3) is 0 Å².